The van der Waals surface area contributed by atoms with E-state index in [1.165, 1.54) is 0 Å². The topological polar surface area (TPSA) is 65.4 Å². The van der Waals surface area contributed by atoms with E-state index in [9.17, 15) is 4.79 Å². The summed E-state index contributed by atoms with van der Waals surface area (Å²) in [6.45, 7) is 3.91. The van der Waals surface area contributed by atoms with Crippen molar-refractivity contribution in [1.29, 1.82) is 0 Å². The molecule has 0 aromatic carbocycles. The van der Waals surface area contributed by atoms with Crippen LogP contribution < -0.4 is 10.1 Å². The Hall–Kier alpha value is -1.56. The Labute approximate surface area is 99.9 Å². The van der Waals surface area contributed by atoms with Crippen LogP contribution in [-0.4, -0.2) is 36.0 Å². The standard InChI is InChI=1S/C11H17N3O3/c1-3-17-10(15)7-14-11(16-2)8-6-12-5-4-9(8)13-14/h12H,3-7H2,1-2H3. The van der Waals surface area contributed by atoms with Crippen LogP contribution in [0.1, 0.15) is 18.2 Å². The molecule has 1 aromatic rings. The summed E-state index contributed by atoms with van der Waals surface area (Å²) in [4.78, 5) is 11.4. The highest BCUT2D eigenvalue weighted by atomic mass is 16.5. The molecule has 6 heteroatoms. The maximum Gasteiger partial charge on any atom is 0.327 e. The molecule has 1 aliphatic rings. The van der Waals surface area contributed by atoms with E-state index in [0.717, 1.165) is 30.8 Å². The van der Waals surface area contributed by atoms with E-state index in [4.69, 9.17) is 9.47 Å². The Morgan fingerprint density at radius 3 is 3.12 bits per heavy atom. The van der Waals surface area contributed by atoms with Gasteiger partial charge in [0.2, 0.25) is 5.88 Å². The second kappa shape index (κ2) is 5.18. The van der Waals surface area contributed by atoms with E-state index in [1.807, 2.05) is 0 Å². The third kappa shape index (κ3) is 2.41. The zero-order valence-electron chi connectivity index (χ0n) is 10.2. The van der Waals surface area contributed by atoms with E-state index < -0.39 is 0 Å². The van der Waals surface area contributed by atoms with Gasteiger partial charge < -0.3 is 14.8 Å². The fourth-order valence-corrected chi connectivity index (χ4v) is 1.99. The van der Waals surface area contributed by atoms with Gasteiger partial charge in [-0.05, 0) is 6.92 Å². The molecule has 2 heterocycles. The first kappa shape index (κ1) is 11.9. The second-order valence-corrected chi connectivity index (χ2v) is 3.82. The molecule has 0 fully saturated rings. The number of nitrogens with one attached hydrogen (secondary N) is 1. The van der Waals surface area contributed by atoms with Crippen LogP contribution in [0.15, 0.2) is 0 Å². The third-order valence-electron chi connectivity index (χ3n) is 2.70. The lowest BCUT2D eigenvalue weighted by Crippen LogP contribution is -2.23. The second-order valence-electron chi connectivity index (χ2n) is 3.82. The Kier molecular flexibility index (Phi) is 3.63. The van der Waals surface area contributed by atoms with Gasteiger partial charge in [0.25, 0.3) is 0 Å². The molecule has 0 spiro atoms. The first-order valence-corrected chi connectivity index (χ1v) is 5.75. The average molecular weight is 239 g/mol. The molecule has 0 atom stereocenters. The number of aromatic nitrogens is 2. The van der Waals surface area contributed by atoms with Crippen molar-refractivity contribution in [1.82, 2.24) is 15.1 Å². The number of carbonyl (C=O) groups is 1. The van der Waals surface area contributed by atoms with Crippen molar-refractivity contribution >= 4 is 5.97 Å². The van der Waals surface area contributed by atoms with Gasteiger partial charge in [-0.2, -0.15) is 5.10 Å². The fourth-order valence-electron chi connectivity index (χ4n) is 1.99. The molecule has 0 bridgehead atoms. The van der Waals surface area contributed by atoms with Crippen LogP contribution in [0.2, 0.25) is 0 Å². The summed E-state index contributed by atoms with van der Waals surface area (Å²) in [7, 11) is 1.59. The Balaban J connectivity index is 2.21. The molecular weight excluding hydrogens is 222 g/mol. The molecule has 0 saturated heterocycles. The average Bonchev–Trinajstić information content (AvgIpc) is 2.66. The van der Waals surface area contributed by atoms with E-state index in [0.29, 0.717) is 12.5 Å². The summed E-state index contributed by atoms with van der Waals surface area (Å²) in [5.74, 6) is 0.360. The smallest absolute Gasteiger partial charge is 0.327 e. The zero-order chi connectivity index (χ0) is 12.3. The number of rotatable bonds is 4. The lowest BCUT2D eigenvalue weighted by atomic mass is 10.1. The highest BCUT2D eigenvalue weighted by Gasteiger charge is 2.22. The van der Waals surface area contributed by atoms with Crippen LogP contribution in [0.5, 0.6) is 5.88 Å². The highest BCUT2D eigenvalue weighted by Crippen LogP contribution is 2.24. The number of hydrogen-bond acceptors (Lipinski definition) is 5. The number of esters is 1. The summed E-state index contributed by atoms with van der Waals surface area (Å²) in [5.41, 5.74) is 2.05. The van der Waals surface area contributed by atoms with Crippen LogP contribution in [-0.2, 0) is 29.0 Å². The molecule has 6 nitrogen and oxygen atoms in total. The maximum atomic E-state index is 11.4. The van der Waals surface area contributed by atoms with Gasteiger partial charge in [0, 0.05) is 19.5 Å². The molecule has 2 rings (SSSR count). The molecule has 1 N–H and O–H groups in total. The number of hydrogen-bond donors (Lipinski definition) is 1. The predicted molar refractivity (Wildman–Crippen MR) is 60.8 cm³/mol. The molecule has 1 aliphatic heterocycles. The van der Waals surface area contributed by atoms with Crippen LogP contribution in [0.25, 0.3) is 0 Å². The monoisotopic (exact) mass is 239 g/mol. The lowest BCUT2D eigenvalue weighted by Gasteiger charge is -2.12. The van der Waals surface area contributed by atoms with E-state index >= 15 is 0 Å². The SMILES string of the molecule is CCOC(=O)Cn1nc2c(c1OC)CNCC2. The van der Waals surface area contributed by atoms with Gasteiger partial charge >= 0.3 is 5.97 Å². The number of carbonyl (C=O) groups excluding carboxylic acids is 1. The van der Waals surface area contributed by atoms with Crippen molar-refractivity contribution in [2.75, 3.05) is 20.3 Å². The van der Waals surface area contributed by atoms with Crippen molar-refractivity contribution in [3.8, 4) is 5.88 Å². The van der Waals surface area contributed by atoms with E-state index in [-0.39, 0.29) is 12.5 Å². The molecule has 0 unspecified atom stereocenters. The molecule has 0 aliphatic carbocycles. The first-order valence-electron chi connectivity index (χ1n) is 5.75. The summed E-state index contributed by atoms with van der Waals surface area (Å²) in [5, 5.41) is 7.65. The minimum absolute atomic E-state index is 0.101. The van der Waals surface area contributed by atoms with E-state index in [1.54, 1.807) is 18.7 Å². The number of methoxy groups -OCH3 is 1. The van der Waals surface area contributed by atoms with Gasteiger partial charge in [-0.3, -0.25) is 4.79 Å². The molecule has 0 amide bonds. The van der Waals surface area contributed by atoms with Gasteiger partial charge in [0.1, 0.15) is 6.54 Å². The minimum atomic E-state index is -0.293. The number of fused-ring (bicyclic) bond motifs is 1. The first-order chi connectivity index (χ1) is 8.26. The van der Waals surface area contributed by atoms with Gasteiger partial charge in [-0.15, -0.1) is 0 Å². The summed E-state index contributed by atoms with van der Waals surface area (Å²) >= 11 is 0. The van der Waals surface area contributed by atoms with Crippen LogP contribution in [0.4, 0.5) is 0 Å². The number of nitrogens with zero attached hydrogens (tertiary/aromatic N) is 2. The van der Waals surface area contributed by atoms with Crippen molar-refractivity contribution in [2.24, 2.45) is 0 Å². The predicted octanol–water partition coefficient (Wildman–Crippen LogP) is 0.100. The Morgan fingerprint density at radius 2 is 2.41 bits per heavy atom. The molecule has 94 valence electrons. The van der Waals surface area contributed by atoms with Gasteiger partial charge in [0.05, 0.1) is 25.0 Å². The molecular formula is C11H17N3O3. The van der Waals surface area contributed by atoms with Crippen molar-refractivity contribution in [2.45, 2.75) is 26.4 Å². The quantitative estimate of drug-likeness (QED) is 0.755. The van der Waals surface area contributed by atoms with Gasteiger partial charge in [0.15, 0.2) is 0 Å². The molecule has 0 saturated carbocycles. The highest BCUT2D eigenvalue weighted by molar-refractivity contribution is 5.69. The Morgan fingerprint density at radius 1 is 1.59 bits per heavy atom. The fraction of sp³-hybridized carbons (Fsp3) is 0.636. The summed E-state index contributed by atoms with van der Waals surface area (Å²) in [6.07, 6.45) is 0.863. The summed E-state index contributed by atoms with van der Waals surface area (Å²) < 4.78 is 11.8. The minimum Gasteiger partial charge on any atom is -0.481 e. The summed E-state index contributed by atoms with van der Waals surface area (Å²) in [6, 6.07) is 0. The zero-order valence-corrected chi connectivity index (χ0v) is 10.2. The molecule has 17 heavy (non-hydrogen) atoms. The van der Waals surface area contributed by atoms with Crippen LogP contribution in [0.3, 0.4) is 0 Å². The molecule has 1 aromatic heterocycles. The van der Waals surface area contributed by atoms with Crippen molar-refractivity contribution in [3.05, 3.63) is 11.3 Å². The van der Waals surface area contributed by atoms with Gasteiger partial charge in [-0.1, -0.05) is 0 Å². The normalized spacial score (nSPS) is 14.2. The number of ether oxygens (including phenoxy) is 2. The van der Waals surface area contributed by atoms with Crippen LogP contribution in [0, 0.1) is 0 Å². The van der Waals surface area contributed by atoms with Crippen molar-refractivity contribution < 1.29 is 14.3 Å². The maximum absolute atomic E-state index is 11.4. The lowest BCUT2D eigenvalue weighted by molar-refractivity contribution is -0.144. The largest absolute Gasteiger partial charge is 0.481 e. The Bertz CT molecular complexity index is 414. The van der Waals surface area contributed by atoms with E-state index in [2.05, 4.69) is 10.4 Å². The third-order valence-corrected chi connectivity index (χ3v) is 2.70. The van der Waals surface area contributed by atoms with Crippen LogP contribution >= 0.6 is 0 Å². The van der Waals surface area contributed by atoms with Gasteiger partial charge in [-0.25, -0.2) is 4.68 Å². The molecule has 0 radical (unpaired) electrons. The van der Waals surface area contributed by atoms with Crippen molar-refractivity contribution in [3.63, 3.8) is 0 Å².